The molecule has 0 amide bonds. The van der Waals surface area contributed by atoms with Gasteiger partial charge in [-0.25, -0.2) is 0 Å². The Kier molecular flexibility index (Phi) is 12.9. The number of hydrogen-bond acceptors (Lipinski definition) is 6. The summed E-state index contributed by atoms with van der Waals surface area (Å²) in [5.74, 6) is 13.5. The summed E-state index contributed by atoms with van der Waals surface area (Å²) in [5.41, 5.74) is 0.738. The minimum absolute atomic E-state index is 0.152. The van der Waals surface area contributed by atoms with Crippen molar-refractivity contribution in [3.8, 4) is 23.7 Å². The van der Waals surface area contributed by atoms with Gasteiger partial charge in [-0.2, -0.15) is 0 Å². The highest BCUT2D eigenvalue weighted by molar-refractivity contribution is 5.45. The van der Waals surface area contributed by atoms with E-state index in [2.05, 4.69) is 23.7 Å². The lowest BCUT2D eigenvalue weighted by Crippen LogP contribution is -2.18. The first-order valence-electron chi connectivity index (χ1n) is 9.77. The van der Waals surface area contributed by atoms with Crippen LogP contribution in [0.5, 0.6) is 0 Å². The predicted molar refractivity (Wildman–Crippen MR) is 107 cm³/mol. The second kappa shape index (κ2) is 15.0. The summed E-state index contributed by atoms with van der Waals surface area (Å²) >= 11 is 0. The summed E-state index contributed by atoms with van der Waals surface area (Å²) in [4.78, 5) is 0. The van der Waals surface area contributed by atoms with Gasteiger partial charge >= 0.3 is 0 Å². The van der Waals surface area contributed by atoms with Gasteiger partial charge in [0.05, 0.1) is 18.6 Å². The number of hydrogen-bond donors (Lipinski definition) is 0. The van der Waals surface area contributed by atoms with Gasteiger partial charge in [-0.1, -0.05) is 23.8 Å². The molecule has 1 aliphatic heterocycles. The highest BCUT2D eigenvalue weighted by atomic mass is 16.7. The van der Waals surface area contributed by atoms with E-state index in [0.29, 0.717) is 51.0 Å². The van der Waals surface area contributed by atoms with E-state index in [0.717, 1.165) is 5.57 Å². The van der Waals surface area contributed by atoms with Crippen molar-refractivity contribution in [2.75, 3.05) is 39.8 Å². The first-order valence-corrected chi connectivity index (χ1v) is 9.77. The topological polar surface area (TPSA) is 55.4 Å². The van der Waals surface area contributed by atoms with Crippen LogP contribution in [-0.4, -0.2) is 52.2 Å². The molecule has 6 nitrogen and oxygen atoms in total. The molecule has 1 unspecified atom stereocenters. The Bertz CT molecular complexity index is 623. The van der Waals surface area contributed by atoms with Crippen LogP contribution in [0.15, 0.2) is 23.2 Å². The van der Waals surface area contributed by atoms with Crippen molar-refractivity contribution in [3.05, 3.63) is 23.2 Å². The van der Waals surface area contributed by atoms with Gasteiger partial charge in [0, 0.05) is 26.4 Å². The van der Waals surface area contributed by atoms with E-state index in [1.807, 2.05) is 40.7 Å². The molecule has 1 atom stereocenters. The molecule has 156 valence electrons. The molecule has 0 aromatic carbocycles. The molecule has 0 saturated heterocycles. The zero-order valence-electron chi connectivity index (χ0n) is 17.6. The zero-order chi connectivity index (χ0) is 20.6. The molecule has 0 radical (unpaired) electrons. The second-order valence-electron chi connectivity index (χ2n) is 5.47. The average molecular weight is 392 g/mol. The number of rotatable bonds is 11. The third-order valence-corrected chi connectivity index (χ3v) is 3.54. The Labute approximate surface area is 169 Å². The largest absolute Gasteiger partial charge is 0.457 e. The minimum atomic E-state index is -0.534. The molecule has 0 aliphatic carbocycles. The van der Waals surface area contributed by atoms with E-state index in [1.54, 1.807) is 0 Å². The zero-order valence-corrected chi connectivity index (χ0v) is 17.6. The Hall–Kier alpha value is -1.96. The van der Waals surface area contributed by atoms with Gasteiger partial charge < -0.3 is 28.4 Å². The molecule has 1 heterocycles. The predicted octanol–water partition coefficient (Wildman–Crippen LogP) is 3.39. The van der Waals surface area contributed by atoms with Gasteiger partial charge in [0.2, 0.25) is 13.1 Å². The standard InChI is InChI=1S/C22H32O6/c1-6-18(14-15-19(24-8-3)16-23-7-2)22-20(27-17-28-22)12-11-13-21(25-9-4)26-10-5/h6,19,21H,7-10,12,16-17H2,1-5H3/b18-6-. The maximum absolute atomic E-state index is 5.63. The van der Waals surface area contributed by atoms with Crippen molar-refractivity contribution >= 4 is 0 Å². The Morgan fingerprint density at radius 3 is 2.32 bits per heavy atom. The van der Waals surface area contributed by atoms with Crippen molar-refractivity contribution in [2.45, 2.75) is 53.4 Å². The van der Waals surface area contributed by atoms with Crippen molar-refractivity contribution < 1.29 is 28.4 Å². The fraction of sp³-hybridized carbons (Fsp3) is 0.636. The number of ether oxygens (including phenoxy) is 6. The molecule has 0 fully saturated rings. The van der Waals surface area contributed by atoms with Crippen LogP contribution in [0.25, 0.3) is 0 Å². The lowest BCUT2D eigenvalue weighted by Gasteiger charge is -2.10. The molecule has 1 rings (SSSR count). The van der Waals surface area contributed by atoms with Crippen LogP contribution < -0.4 is 0 Å². The van der Waals surface area contributed by atoms with Gasteiger partial charge in [0.15, 0.2) is 11.5 Å². The molecule has 28 heavy (non-hydrogen) atoms. The maximum atomic E-state index is 5.63. The minimum Gasteiger partial charge on any atom is -0.457 e. The molecule has 0 aromatic heterocycles. The molecule has 0 saturated carbocycles. The monoisotopic (exact) mass is 392 g/mol. The van der Waals surface area contributed by atoms with Crippen LogP contribution in [-0.2, 0) is 28.4 Å². The normalized spacial score (nSPS) is 14.7. The SMILES string of the molecule is C/C=C(/C#CC(COCC)OCC)C1=C(CC#CC(OCC)OCC)OCO1. The first-order chi connectivity index (χ1) is 13.7. The van der Waals surface area contributed by atoms with Gasteiger partial charge in [-0.3, -0.25) is 0 Å². The molecule has 0 spiro atoms. The smallest absolute Gasteiger partial charge is 0.230 e. The first kappa shape index (κ1) is 24.1. The van der Waals surface area contributed by atoms with Crippen LogP contribution in [0.4, 0.5) is 0 Å². The van der Waals surface area contributed by atoms with E-state index in [-0.39, 0.29) is 12.9 Å². The van der Waals surface area contributed by atoms with Crippen LogP contribution in [0, 0.1) is 23.7 Å². The lowest BCUT2D eigenvalue weighted by molar-refractivity contribution is -0.0970. The third-order valence-electron chi connectivity index (χ3n) is 3.54. The van der Waals surface area contributed by atoms with Crippen LogP contribution in [0.3, 0.4) is 0 Å². The van der Waals surface area contributed by atoms with Crippen molar-refractivity contribution in [3.63, 3.8) is 0 Å². The summed E-state index contributed by atoms with van der Waals surface area (Å²) in [6.07, 6.45) is 1.45. The summed E-state index contributed by atoms with van der Waals surface area (Å²) in [6, 6.07) is 0. The Morgan fingerprint density at radius 2 is 1.71 bits per heavy atom. The lowest BCUT2D eigenvalue weighted by atomic mass is 10.1. The fourth-order valence-corrected chi connectivity index (χ4v) is 2.29. The van der Waals surface area contributed by atoms with Gasteiger partial charge in [0.25, 0.3) is 0 Å². The van der Waals surface area contributed by atoms with E-state index in [1.165, 1.54) is 0 Å². The fourth-order valence-electron chi connectivity index (χ4n) is 2.29. The maximum Gasteiger partial charge on any atom is 0.230 e. The van der Waals surface area contributed by atoms with Crippen molar-refractivity contribution in [1.82, 2.24) is 0 Å². The van der Waals surface area contributed by atoms with Gasteiger partial charge in [0.1, 0.15) is 6.10 Å². The summed E-state index contributed by atoms with van der Waals surface area (Å²) in [5, 5.41) is 0. The summed E-state index contributed by atoms with van der Waals surface area (Å²) in [6.45, 7) is 12.4. The van der Waals surface area contributed by atoms with Crippen molar-refractivity contribution in [2.24, 2.45) is 0 Å². The number of allylic oxidation sites excluding steroid dienone is 3. The highest BCUT2D eigenvalue weighted by Crippen LogP contribution is 2.25. The van der Waals surface area contributed by atoms with E-state index in [9.17, 15) is 0 Å². The molecule has 1 aliphatic rings. The Morgan fingerprint density at radius 1 is 1.00 bits per heavy atom. The molecule has 0 N–H and O–H groups in total. The van der Waals surface area contributed by atoms with Crippen LogP contribution >= 0.6 is 0 Å². The summed E-state index contributed by atoms with van der Waals surface area (Å²) in [7, 11) is 0. The average Bonchev–Trinajstić information content (AvgIpc) is 3.15. The third kappa shape index (κ3) is 8.82. The second-order valence-corrected chi connectivity index (χ2v) is 5.47. The van der Waals surface area contributed by atoms with Crippen LogP contribution in [0.1, 0.15) is 41.0 Å². The quantitative estimate of drug-likeness (QED) is 0.397. The van der Waals surface area contributed by atoms with E-state index in [4.69, 9.17) is 28.4 Å². The van der Waals surface area contributed by atoms with Crippen molar-refractivity contribution in [1.29, 1.82) is 0 Å². The van der Waals surface area contributed by atoms with Crippen LogP contribution in [0.2, 0.25) is 0 Å². The van der Waals surface area contributed by atoms with E-state index < -0.39 is 6.29 Å². The molecular weight excluding hydrogens is 360 g/mol. The summed E-state index contributed by atoms with van der Waals surface area (Å²) < 4.78 is 33.1. The van der Waals surface area contributed by atoms with Gasteiger partial charge in [-0.15, -0.1) is 0 Å². The molecule has 0 bridgehead atoms. The Balaban J connectivity index is 2.88. The highest BCUT2D eigenvalue weighted by Gasteiger charge is 2.19. The van der Waals surface area contributed by atoms with Gasteiger partial charge in [-0.05, 0) is 40.5 Å². The molecular formula is C22H32O6. The molecule has 6 heteroatoms. The molecule has 0 aromatic rings. The van der Waals surface area contributed by atoms with E-state index >= 15 is 0 Å².